The highest BCUT2D eigenvalue weighted by Gasteiger charge is 2.12. The van der Waals surface area contributed by atoms with Crippen LogP contribution in [0.2, 0.25) is 0 Å². The van der Waals surface area contributed by atoms with Gasteiger partial charge in [-0.05, 0) is 43.2 Å². The van der Waals surface area contributed by atoms with E-state index in [1.165, 1.54) is 23.1 Å². The molecule has 0 bridgehead atoms. The fourth-order valence-electron chi connectivity index (χ4n) is 2.60. The molecule has 0 spiro atoms. The average molecular weight is 283 g/mol. The van der Waals surface area contributed by atoms with Gasteiger partial charge in [-0.2, -0.15) is 0 Å². The van der Waals surface area contributed by atoms with Gasteiger partial charge in [0.05, 0.1) is 5.52 Å². The molecule has 1 N–H and O–H groups in total. The Morgan fingerprint density at radius 1 is 1.14 bits per heavy atom. The molecule has 2 heterocycles. The molecule has 3 nitrogen and oxygen atoms in total. The van der Waals surface area contributed by atoms with Crippen molar-refractivity contribution in [2.75, 3.05) is 11.9 Å². The van der Waals surface area contributed by atoms with Crippen molar-refractivity contribution in [1.29, 1.82) is 0 Å². The summed E-state index contributed by atoms with van der Waals surface area (Å²) in [6, 6.07) is 8.61. The van der Waals surface area contributed by atoms with E-state index in [4.69, 9.17) is 0 Å². The van der Waals surface area contributed by atoms with Crippen LogP contribution in [0, 0.1) is 19.7 Å². The maximum Gasteiger partial charge on any atom is 0.152 e. The fourth-order valence-corrected chi connectivity index (χ4v) is 2.60. The van der Waals surface area contributed by atoms with Crippen LogP contribution in [-0.4, -0.2) is 17.0 Å². The second-order valence-electron chi connectivity index (χ2n) is 5.41. The predicted molar refractivity (Wildman–Crippen MR) is 84.1 cm³/mol. The van der Waals surface area contributed by atoms with Crippen LogP contribution in [0.1, 0.15) is 16.8 Å². The summed E-state index contributed by atoms with van der Waals surface area (Å²) in [7, 11) is 2.00. The van der Waals surface area contributed by atoms with Crippen LogP contribution in [-0.2, 0) is 6.54 Å². The minimum Gasteiger partial charge on any atom is -0.355 e. The molecular weight excluding hydrogens is 265 g/mol. The second-order valence-corrected chi connectivity index (χ2v) is 5.41. The summed E-state index contributed by atoms with van der Waals surface area (Å²) < 4.78 is 13.0. The van der Waals surface area contributed by atoms with E-state index in [1.54, 1.807) is 12.1 Å². The van der Waals surface area contributed by atoms with Gasteiger partial charge in [0.15, 0.2) is 5.82 Å². The number of halogens is 1. The van der Waals surface area contributed by atoms with Crippen molar-refractivity contribution in [3.8, 4) is 0 Å². The second kappa shape index (κ2) is 5.20. The minimum atomic E-state index is -0.211. The van der Waals surface area contributed by atoms with Gasteiger partial charge in [-0.15, -0.1) is 0 Å². The number of benzene rings is 1. The van der Waals surface area contributed by atoms with E-state index in [9.17, 15) is 4.39 Å². The van der Waals surface area contributed by atoms with Gasteiger partial charge in [0.25, 0.3) is 0 Å². The van der Waals surface area contributed by atoms with Gasteiger partial charge in [-0.1, -0.05) is 12.1 Å². The Balaban J connectivity index is 1.96. The lowest BCUT2D eigenvalue weighted by molar-refractivity contribution is 0.627. The topological polar surface area (TPSA) is 31.9 Å². The molecule has 21 heavy (non-hydrogen) atoms. The highest BCUT2D eigenvalue weighted by molar-refractivity contribution is 5.92. The van der Waals surface area contributed by atoms with Crippen molar-refractivity contribution in [2.24, 2.45) is 0 Å². The Kier molecular flexibility index (Phi) is 3.37. The number of pyridine rings is 1. The highest BCUT2D eigenvalue weighted by atomic mass is 19.1. The highest BCUT2D eigenvalue weighted by Crippen LogP contribution is 2.28. The summed E-state index contributed by atoms with van der Waals surface area (Å²) in [6.45, 7) is 4.86. The summed E-state index contributed by atoms with van der Waals surface area (Å²) in [4.78, 5) is 9.98. The molecule has 0 unspecified atom stereocenters. The van der Waals surface area contributed by atoms with Gasteiger partial charge in [-0.25, -0.2) is 9.37 Å². The molecule has 1 aromatic carbocycles. The molecule has 0 atom stereocenters. The lowest BCUT2D eigenvalue weighted by Crippen LogP contribution is -2.18. The molecule has 0 saturated heterocycles. The Labute approximate surface area is 123 Å². The number of aryl methyl sites for hydroxylation is 2. The summed E-state index contributed by atoms with van der Waals surface area (Å²) in [5.74, 6) is 0.699. The average Bonchev–Trinajstić information content (AvgIpc) is 2.77. The van der Waals surface area contributed by atoms with Gasteiger partial charge in [0.2, 0.25) is 0 Å². The van der Waals surface area contributed by atoms with Gasteiger partial charge in [0, 0.05) is 30.9 Å². The molecule has 0 aliphatic heterocycles. The summed E-state index contributed by atoms with van der Waals surface area (Å²) in [6.07, 6.45) is 1.83. The van der Waals surface area contributed by atoms with Crippen molar-refractivity contribution in [3.63, 3.8) is 0 Å². The third-order valence-corrected chi connectivity index (χ3v) is 3.90. The summed E-state index contributed by atoms with van der Waals surface area (Å²) >= 11 is 0. The number of aromatic amines is 1. The van der Waals surface area contributed by atoms with Crippen LogP contribution in [0.5, 0.6) is 0 Å². The maximum absolute atomic E-state index is 13.0. The van der Waals surface area contributed by atoms with Crippen LogP contribution >= 0.6 is 0 Å². The molecule has 108 valence electrons. The largest absolute Gasteiger partial charge is 0.355 e. The number of nitrogens with zero attached hydrogens (tertiary/aromatic N) is 2. The van der Waals surface area contributed by atoms with Crippen LogP contribution in [0.25, 0.3) is 10.9 Å². The van der Waals surface area contributed by atoms with E-state index in [-0.39, 0.29) is 5.82 Å². The predicted octanol–water partition coefficient (Wildman–Crippen LogP) is 3.96. The van der Waals surface area contributed by atoms with Gasteiger partial charge < -0.3 is 9.88 Å². The van der Waals surface area contributed by atoms with Gasteiger partial charge >= 0.3 is 0 Å². The van der Waals surface area contributed by atoms with Crippen LogP contribution in [0.4, 0.5) is 10.2 Å². The number of anilines is 1. The molecule has 0 fully saturated rings. The molecule has 0 amide bonds. The standard InChI is InChI=1S/C17H18FN3/c1-11-12(2)20-16-15(11)8-9-19-17(16)21(3)10-13-4-6-14(18)7-5-13/h4-9,20H,10H2,1-3H3. The minimum absolute atomic E-state index is 0.211. The zero-order chi connectivity index (χ0) is 15.0. The third kappa shape index (κ3) is 2.49. The zero-order valence-corrected chi connectivity index (χ0v) is 12.4. The molecule has 3 aromatic rings. The Hall–Kier alpha value is -2.36. The SMILES string of the molecule is Cc1[nH]c2c(N(C)Cc3ccc(F)cc3)nccc2c1C. The van der Waals surface area contributed by atoms with Crippen molar-refractivity contribution in [3.05, 3.63) is 59.2 Å². The number of hydrogen-bond acceptors (Lipinski definition) is 2. The Morgan fingerprint density at radius 2 is 1.86 bits per heavy atom. The molecule has 2 aromatic heterocycles. The van der Waals surface area contributed by atoms with Gasteiger partial charge in [0.1, 0.15) is 5.82 Å². The number of fused-ring (bicyclic) bond motifs is 1. The van der Waals surface area contributed by atoms with Crippen LogP contribution in [0.15, 0.2) is 36.5 Å². The third-order valence-electron chi connectivity index (χ3n) is 3.90. The van der Waals surface area contributed by atoms with Crippen LogP contribution < -0.4 is 4.90 Å². The smallest absolute Gasteiger partial charge is 0.152 e. The normalized spacial score (nSPS) is 11.0. The first kappa shape index (κ1) is 13.6. The first-order valence-electron chi connectivity index (χ1n) is 6.95. The number of hydrogen-bond donors (Lipinski definition) is 1. The Morgan fingerprint density at radius 3 is 2.57 bits per heavy atom. The first-order valence-corrected chi connectivity index (χ1v) is 6.95. The van der Waals surface area contributed by atoms with Crippen molar-refractivity contribution in [2.45, 2.75) is 20.4 Å². The number of H-pyrrole nitrogens is 1. The molecule has 0 aliphatic carbocycles. The van der Waals surface area contributed by atoms with E-state index in [1.807, 2.05) is 19.3 Å². The monoisotopic (exact) mass is 283 g/mol. The zero-order valence-electron chi connectivity index (χ0n) is 12.4. The fraction of sp³-hybridized carbons (Fsp3) is 0.235. The molecule has 0 saturated carbocycles. The molecule has 4 heteroatoms. The lowest BCUT2D eigenvalue weighted by atomic mass is 10.2. The summed E-state index contributed by atoms with van der Waals surface area (Å²) in [5.41, 5.74) is 4.52. The Bertz CT molecular complexity index is 775. The molecule has 3 rings (SSSR count). The number of rotatable bonds is 3. The molecule has 0 radical (unpaired) electrons. The maximum atomic E-state index is 13.0. The van der Waals surface area contributed by atoms with Crippen molar-refractivity contribution < 1.29 is 4.39 Å². The van der Waals surface area contributed by atoms with E-state index in [0.29, 0.717) is 6.54 Å². The van der Waals surface area contributed by atoms with E-state index in [2.05, 4.69) is 28.7 Å². The van der Waals surface area contributed by atoms with Crippen LogP contribution in [0.3, 0.4) is 0 Å². The lowest BCUT2D eigenvalue weighted by Gasteiger charge is -2.19. The molecular formula is C17H18FN3. The first-order chi connectivity index (χ1) is 10.1. The van der Waals surface area contributed by atoms with Gasteiger partial charge in [-0.3, -0.25) is 0 Å². The quantitative estimate of drug-likeness (QED) is 0.789. The van der Waals surface area contributed by atoms with E-state index < -0.39 is 0 Å². The number of aromatic nitrogens is 2. The number of nitrogens with one attached hydrogen (secondary N) is 1. The van der Waals surface area contributed by atoms with E-state index in [0.717, 1.165) is 22.6 Å². The van der Waals surface area contributed by atoms with Crippen molar-refractivity contribution >= 4 is 16.7 Å². The summed E-state index contributed by atoms with van der Waals surface area (Å²) in [5, 5.41) is 1.20. The molecule has 0 aliphatic rings. The van der Waals surface area contributed by atoms with Crippen molar-refractivity contribution in [1.82, 2.24) is 9.97 Å². The van der Waals surface area contributed by atoms with E-state index >= 15 is 0 Å².